The Kier molecular flexibility index (Phi) is 6.62. The zero-order chi connectivity index (χ0) is 12.0. The van der Waals surface area contributed by atoms with Crippen LogP contribution in [0.4, 0.5) is 0 Å². The van der Waals surface area contributed by atoms with E-state index < -0.39 is 0 Å². The highest BCUT2D eigenvalue weighted by Crippen LogP contribution is 2.28. The topological polar surface area (TPSA) is 12.0 Å². The molecule has 0 aliphatic heterocycles. The van der Waals surface area contributed by atoms with Crippen molar-refractivity contribution in [1.82, 2.24) is 5.32 Å². The van der Waals surface area contributed by atoms with Crippen LogP contribution < -0.4 is 5.32 Å². The Morgan fingerprint density at radius 3 is 2.69 bits per heavy atom. The van der Waals surface area contributed by atoms with E-state index in [2.05, 4.69) is 48.1 Å². The largest absolute Gasteiger partial charge is 0.316 e. The lowest BCUT2D eigenvalue weighted by atomic mass is 10.2. The molecule has 0 spiro atoms. The third-order valence-corrected chi connectivity index (χ3v) is 4.68. The Balaban J connectivity index is 2.07. The van der Waals surface area contributed by atoms with Gasteiger partial charge in [0, 0.05) is 4.88 Å². The lowest BCUT2D eigenvalue weighted by Crippen LogP contribution is -2.20. The van der Waals surface area contributed by atoms with Gasteiger partial charge in [0.2, 0.25) is 0 Å². The van der Waals surface area contributed by atoms with Gasteiger partial charge in [-0.3, -0.25) is 0 Å². The molecule has 92 valence electrons. The molecule has 0 saturated heterocycles. The van der Waals surface area contributed by atoms with Gasteiger partial charge in [0.25, 0.3) is 0 Å². The second kappa shape index (κ2) is 7.46. The molecule has 0 saturated carbocycles. The Morgan fingerprint density at radius 2 is 2.12 bits per heavy atom. The molecule has 1 aromatic rings. The Morgan fingerprint density at radius 1 is 1.38 bits per heavy atom. The monoisotopic (exact) mass is 303 g/mol. The van der Waals surface area contributed by atoms with Gasteiger partial charge >= 0.3 is 0 Å². The van der Waals surface area contributed by atoms with E-state index >= 15 is 0 Å². The van der Waals surface area contributed by atoms with Crippen LogP contribution >= 0.6 is 27.3 Å². The number of halogens is 1. The first-order valence-corrected chi connectivity index (χ1v) is 7.66. The smallest absolute Gasteiger partial charge is 0.0730 e. The molecule has 1 heterocycles. The minimum atomic E-state index is 0.760. The van der Waals surface area contributed by atoms with Crippen molar-refractivity contribution < 1.29 is 0 Å². The maximum Gasteiger partial charge on any atom is 0.0730 e. The van der Waals surface area contributed by atoms with Gasteiger partial charge in [-0.15, -0.1) is 11.3 Å². The Hall–Kier alpha value is 0.140. The van der Waals surface area contributed by atoms with Crippen LogP contribution in [0.5, 0.6) is 0 Å². The number of nitrogens with one attached hydrogen (secondary N) is 1. The molecule has 1 rings (SSSR count). The molecular weight excluding hydrogens is 282 g/mol. The van der Waals surface area contributed by atoms with Crippen LogP contribution in [0.1, 0.15) is 37.1 Å². The molecule has 1 N–H and O–H groups in total. The number of hydrogen-bond donors (Lipinski definition) is 1. The number of aryl methyl sites for hydroxylation is 2. The van der Waals surface area contributed by atoms with Crippen molar-refractivity contribution in [1.29, 1.82) is 0 Å². The summed E-state index contributed by atoms with van der Waals surface area (Å²) in [5.74, 6) is 0.760. The number of rotatable bonds is 7. The van der Waals surface area contributed by atoms with Crippen molar-refractivity contribution in [2.45, 2.75) is 40.0 Å². The number of hydrogen-bond acceptors (Lipinski definition) is 2. The summed E-state index contributed by atoms with van der Waals surface area (Å²) in [5.41, 5.74) is 1.37. The van der Waals surface area contributed by atoms with E-state index in [-0.39, 0.29) is 0 Å². The van der Waals surface area contributed by atoms with Gasteiger partial charge in [-0.1, -0.05) is 13.8 Å². The summed E-state index contributed by atoms with van der Waals surface area (Å²) in [5, 5.41) is 3.48. The van der Waals surface area contributed by atoms with Crippen LogP contribution in [0, 0.1) is 12.8 Å². The van der Waals surface area contributed by atoms with Crippen LogP contribution in [0.15, 0.2) is 9.85 Å². The van der Waals surface area contributed by atoms with Crippen LogP contribution in [0.25, 0.3) is 0 Å². The normalized spacial score (nSPS) is 11.3. The molecule has 0 radical (unpaired) electrons. The summed E-state index contributed by atoms with van der Waals surface area (Å²) in [6, 6.07) is 2.30. The van der Waals surface area contributed by atoms with E-state index in [1.807, 2.05) is 11.3 Å². The van der Waals surface area contributed by atoms with Gasteiger partial charge in [-0.25, -0.2) is 0 Å². The predicted octanol–water partition coefficient (Wildman–Crippen LogP) is 4.39. The zero-order valence-electron chi connectivity index (χ0n) is 10.5. The van der Waals surface area contributed by atoms with Crippen LogP contribution in [0.2, 0.25) is 0 Å². The highest BCUT2D eigenvalue weighted by atomic mass is 79.9. The van der Waals surface area contributed by atoms with Gasteiger partial charge < -0.3 is 5.32 Å². The van der Waals surface area contributed by atoms with Crippen molar-refractivity contribution in [2.75, 3.05) is 13.1 Å². The number of thiophene rings is 1. The highest BCUT2D eigenvalue weighted by Gasteiger charge is 2.02. The fraction of sp³-hybridized carbons (Fsp3) is 0.692. The Labute approximate surface area is 112 Å². The van der Waals surface area contributed by atoms with Crippen molar-refractivity contribution in [3.8, 4) is 0 Å². The summed E-state index contributed by atoms with van der Waals surface area (Å²) < 4.78 is 1.29. The van der Waals surface area contributed by atoms with E-state index in [4.69, 9.17) is 0 Å². The molecule has 0 aliphatic carbocycles. The first kappa shape index (κ1) is 14.2. The van der Waals surface area contributed by atoms with Gasteiger partial charge in [-0.05, 0) is 72.8 Å². The first-order valence-electron chi connectivity index (χ1n) is 6.05. The molecule has 0 unspecified atom stereocenters. The highest BCUT2D eigenvalue weighted by molar-refractivity contribution is 9.11. The molecule has 1 aromatic heterocycles. The minimum absolute atomic E-state index is 0.760. The lowest BCUT2D eigenvalue weighted by Gasteiger charge is -2.06. The van der Waals surface area contributed by atoms with E-state index in [0.29, 0.717) is 0 Å². The average molecular weight is 304 g/mol. The third kappa shape index (κ3) is 5.46. The SMILES string of the molecule is Cc1cc(CCCCNCC(C)C)sc1Br. The van der Waals surface area contributed by atoms with Crippen LogP contribution in [0.3, 0.4) is 0 Å². The summed E-state index contributed by atoms with van der Waals surface area (Å²) in [6.45, 7) is 8.96. The summed E-state index contributed by atoms with van der Waals surface area (Å²) >= 11 is 5.45. The second-order valence-electron chi connectivity index (χ2n) is 4.72. The summed E-state index contributed by atoms with van der Waals surface area (Å²) in [6.07, 6.45) is 3.79. The van der Waals surface area contributed by atoms with Gasteiger partial charge in [0.05, 0.1) is 3.79 Å². The molecule has 0 aromatic carbocycles. The number of unbranched alkanes of at least 4 members (excludes halogenated alkanes) is 1. The predicted molar refractivity (Wildman–Crippen MR) is 77.4 cm³/mol. The van der Waals surface area contributed by atoms with Crippen LogP contribution in [-0.4, -0.2) is 13.1 Å². The third-order valence-electron chi connectivity index (χ3n) is 2.49. The first-order chi connectivity index (χ1) is 7.59. The molecule has 0 fully saturated rings. The fourth-order valence-corrected chi connectivity index (χ4v) is 3.26. The second-order valence-corrected chi connectivity index (χ2v) is 7.18. The molecule has 0 aliphatic rings. The average Bonchev–Trinajstić information content (AvgIpc) is 2.52. The molecular formula is C13H22BrNS. The molecule has 1 nitrogen and oxygen atoms in total. The standard InChI is InChI=1S/C13H22BrNS/c1-10(2)9-15-7-5-4-6-12-8-11(3)13(14)16-12/h8,10,15H,4-7,9H2,1-3H3. The molecule has 0 bridgehead atoms. The van der Waals surface area contributed by atoms with Crippen molar-refractivity contribution in [3.05, 3.63) is 20.3 Å². The molecule has 16 heavy (non-hydrogen) atoms. The van der Waals surface area contributed by atoms with Gasteiger partial charge in [0.1, 0.15) is 0 Å². The van der Waals surface area contributed by atoms with Crippen molar-refractivity contribution in [3.63, 3.8) is 0 Å². The summed E-state index contributed by atoms with van der Waals surface area (Å²) in [4.78, 5) is 1.51. The summed E-state index contributed by atoms with van der Waals surface area (Å²) in [7, 11) is 0. The van der Waals surface area contributed by atoms with E-state index in [9.17, 15) is 0 Å². The maximum atomic E-state index is 3.57. The van der Waals surface area contributed by atoms with Crippen molar-refractivity contribution >= 4 is 27.3 Å². The minimum Gasteiger partial charge on any atom is -0.316 e. The van der Waals surface area contributed by atoms with E-state index in [0.717, 1.165) is 19.0 Å². The van der Waals surface area contributed by atoms with Crippen LogP contribution in [-0.2, 0) is 6.42 Å². The quantitative estimate of drug-likeness (QED) is 0.737. The van der Waals surface area contributed by atoms with E-state index in [1.54, 1.807) is 0 Å². The lowest BCUT2D eigenvalue weighted by molar-refractivity contribution is 0.536. The van der Waals surface area contributed by atoms with Gasteiger partial charge in [-0.2, -0.15) is 0 Å². The van der Waals surface area contributed by atoms with Gasteiger partial charge in [0.15, 0.2) is 0 Å². The molecule has 0 atom stereocenters. The Bertz CT molecular complexity index is 287. The molecule has 3 heteroatoms. The molecule has 0 amide bonds. The van der Waals surface area contributed by atoms with E-state index in [1.165, 1.54) is 33.5 Å². The van der Waals surface area contributed by atoms with Crippen molar-refractivity contribution in [2.24, 2.45) is 5.92 Å². The fourth-order valence-electron chi connectivity index (χ4n) is 1.59. The zero-order valence-corrected chi connectivity index (χ0v) is 12.9. The maximum absolute atomic E-state index is 3.57.